The van der Waals surface area contributed by atoms with E-state index in [4.69, 9.17) is 10.00 Å². The molecule has 128 valence electrons. The molecule has 0 aromatic heterocycles. The maximum Gasteiger partial charge on any atom is 0.254 e. The molecule has 0 saturated heterocycles. The number of carbonyl (C=O) groups is 2. The average Bonchev–Trinajstić information content (AvgIpc) is 2.65. The first-order valence-corrected chi connectivity index (χ1v) is 7.80. The molecular formula is C19H19N3O3. The number of hydrogen-bond acceptors (Lipinski definition) is 4. The first-order chi connectivity index (χ1) is 12.1. The van der Waals surface area contributed by atoms with Crippen molar-refractivity contribution in [1.29, 1.82) is 5.26 Å². The van der Waals surface area contributed by atoms with Gasteiger partial charge in [-0.05, 0) is 43.3 Å². The molecule has 0 heterocycles. The first-order valence-electron chi connectivity index (χ1n) is 7.80. The van der Waals surface area contributed by atoms with E-state index in [1.165, 1.54) is 4.90 Å². The van der Waals surface area contributed by atoms with Gasteiger partial charge in [0.15, 0.2) is 0 Å². The Hall–Kier alpha value is -3.33. The van der Waals surface area contributed by atoms with E-state index in [-0.39, 0.29) is 18.4 Å². The summed E-state index contributed by atoms with van der Waals surface area (Å²) in [5, 5.41) is 11.6. The lowest BCUT2D eigenvalue weighted by Crippen LogP contribution is -2.37. The highest BCUT2D eigenvalue weighted by atomic mass is 16.5. The van der Waals surface area contributed by atoms with E-state index in [1.54, 1.807) is 62.6 Å². The molecular weight excluding hydrogens is 318 g/mol. The van der Waals surface area contributed by atoms with Gasteiger partial charge < -0.3 is 15.0 Å². The van der Waals surface area contributed by atoms with Crippen molar-refractivity contribution >= 4 is 17.5 Å². The fourth-order valence-electron chi connectivity index (χ4n) is 2.27. The maximum atomic E-state index is 12.5. The van der Waals surface area contributed by atoms with E-state index in [2.05, 4.69) is 5.32 Å². The maximum absolute atomic E-state index is 12.5. The highest BCUT2D eigenvalue weighted by Crippen LogP contribution is 2.16. The minimum atomic E-state index is -0.294. The number of nitrogens with zero attached hydrogens (tertiary/aromatic N) is 2. The minimum absolute atomic E-state index is 0.0630. The number of benzene rings is 2. The third-order valence-corrected chi connectivity index (χ3v) is 3.62. The molecule has 0 saturated carbocycles. The van der Waals surface area contributed by atoms with Gasteiger partial charge in [0.1, 0.15) is 12.3 Å². The Morgan fingerprint density at radius 1 is 1.20 bits per heavy atom. The van der Waals surface area contributed by atoms with E-state index < -0.39 is 0 Å². The van der Waals surface area contributed by atoms with E-state index in [0.717, 1.165) is 0 Å². The number of methoxy groups -OCH3 is 1. The third kappa shape index (κ3) is 4.82. The van der Waals surface area contributed by atoms with Crippen LogP contribution in [-0.4, -0.2) is 36.9 Å². The molecule has 0 bridgehead atoms. The molecule has 0 radical (unpaired) electrons. The van der Waals surface area contributed by atoms with Crippen molar-refractivity contribution < 1.29 is 14.3 Å². The van der Waals surface area contributed by atoms with Crippen molar-refractivity contribution in [3.63, 3.8) is 0 Å². The monoisotopic (exact) mass is 337 g/mol. The van der Waals surface area contributed by atoms with Gasteiger partial charge in [-0.25, -0.2) is 0 Å². The van der Waals surface area contributed by atoms with E-state index in [1.807, 2.05) is 6.07 Å². The summed E-state index contributed by atoms with van der Waals surface area (Å²) < 4.78 is 5.11. The lowest BCUT2D eigenvalue weighted by atomic mass is 10.1. The van der Waals surface area contributed by atoms with Crippen LogP contribution in [-0.2, 0) is 4.79 Å². The number of amides is 2. The van der Waals surface area contributed by atoms with Crippen LogP contribution in [0.2, 0.25) is 0 Å². The molecule has 2 aromatic rings. The molecule has 0 fully saturated rings. The Bertz CT molecular complexity index is 794. The second-order valence-corrected chi connectivity index (χ2v) is 5.29. The predicted octanol–water partition coefficient (Wildman–Crippen LogP) is 2.67. The van der Waals surface area contributed by atoms with E-state index >= 15 is 0 Å². The number of nitrogens with one attached hydrogen (secondary N) is 1. The number of carbonyl (C=O) groups excluding carboxylic acids is 2. The number of ether oxygens (including phenoxy) is 1. The average molecular weight is 337 g/mol. The standard InChI is InChI=1S/C19H19N3O3/c1-3-22(19(24)15-9-7-14(12-20)8-10-15)13-18(23)21-16-5-4-6-17(11-16)25-2/h4-11H,3,13H2,1-2H3,(H,21,23). The Morgan fingerprint density at radius 3 is 2.52 bits per heavy atom. The number of likely N-dealkylation sites (N-methyl/N-ethyl adjacent to an activating group) is 1. The summed E-state index contributed by atoms with van der Waals surface area (Å²) in [5.74, 6) is 0.0867. The molecule has 6 nitrogen and oxygen atoms in total. The van der Waals surface area contributed by atoms with Gasteiger partial charge in [-0.15, -0.1) is 0 Å². The Labute approximate surface area is 146 Å². The van der Waals surface area contributed by atoms with Gasteiger partial charge in [0.25, 0.3) is 5.91 Å². The molecule has 2 aromatic carbocycles. The molecule has 25 heavy (non-hydrogen) atoms. The molecule has 0 aliphatic heterocycles. The van der Waals surface area contributed by atoms with Gasteiger partial charge in [-0.1, -0.05) is 6.07 Å². The highest BCUT2D eigenvalue weighted by Gasteiger charge is 2.17. The van der Waals surface area contributed by atoms with Gasteiger partial charge in [0.2, 0.25) is 5.91 Å². The highest BCUT2D eigenvalue weighted by molar-refractivity contribution is 5.99. The molecule has 0 aliphatic rings. The normalized spacial score (nSPS) is 9.80. The van der Waals surface area contributed by atoms with Crippen molar-refractivity contribution in [3.05, 3.63) is 59.7 Å². The van der Waals surface area contributed by atoms with Crippen molar-refractivity contribution in [2.24, 2.45) is 0 Å². The Morgan fingerprint density at radius 2 is 1.92 bits per heavy atom. The van der Waals surface area contributed by atoms with Crippen LogP contribution in [0.15, 0.2) is 48.5 Å². The quantitative estimate of drug-likeness (QED) is 0.878. The lowest BCUT2D eigenvalue weighted by molar-refractivity contribution is -0.116. The van der Waals surface area contributed by atoms with Crippen molar-refractivity contribution in [2.45, 2.75) is 6.92 Å². The van der Waals surface area contributed by atoms with Crippen LogP contribution in [0.25, 0.3) is 0 Å². The van der Waals surface area contributed by atoms with Gasteiger partial charge in [-0.2, -0.15) is 5.26 Å². The van der Waals surface area contributed by atoms with Gasteiger partial charge in [0, 0.05) is 23.9 Å². The minimum Gasteiger partial charge on any atom is -0.497 e. The summed E-state index contributed by atoms with van der Waals surface area (Å²) in [7, 11) is 1.55. The number of anilines is 1. The molecule has 0 aliphatic carbocycles. The summed E-state index contributed by atoms with van der Waals surface area (Å²) in [5.41, 5.74) is 1.52. The third-order valence-electron chi connectivity index (χ3n) is 3.62. The molecule has 0 spiro atoms. The zero-order valence-electron chi connectivity index (χ0n) is 14.2. The number of rotatable bonds is 6. The molecule has 0 atom stereocenters. The number of nitriles is 1. The van der Waals surface area contributed by atoms with Gasteiger partial charge >= 0.3 is 0 Å². The van der Waals surface area contributed by atoms with Crippen molar-refractivity contribution in [3.8, 4) is 11.8 Å². The molecule has 2 amide bonds. The predicted molar refractivity (Wildman–Crippen MR) is 94.4 cm³/mol. The molecule has 2 rings (SSSR count). The zero-order valence-corrected chi connectivity index (χ0v) is 14.2. The van der Waals surface area contributed by atoms with Crippen LogP contribution >= 0.6 is 0 Å². The Balaban J connectivity index is 2.03. The van der Waals surface area contributed by atoms with Crippen LogP contribution < -0.4 is 10.1 Å². The largest absolute Gasteiger partial charge is 0.497 e. The van der Waals surface area contributed by atoms with Crippen LogP contribution in [0.1, 0.15) is 22.8 Å². The molecule has 0 unspecified atom stereocenters. The summed E-state index contributed by atoms with van der Waals surface area (Å²) in [6, 6.07) is 15.3. The lowest BCUT2D eigenvalue weighted by Gasteiger charge is -2.20. The van der Waals surface area contributed by atoms with Crippen molar-refractivity contribution in [1.82, 2.24) is 4.90 Å². The topological polar surface area (TPSA) is 82.4 Å². The second-order valence-electron chi connectivity index (χ2n) is 5.29. The van der Waals surface area contributed by atoms with Crippen LogP contribution in [0, 0.1) is 11.3 Å². The summed E-state index contributed by atoms with van der Waals surface area (Å²) in [6.45, 7) is 2.14. The second kappa shape index (κ2) is 8.50. The molecule has 1 N–H and O–H groups in total. The summed E-state index contributed by atoms with van der Waals surface area (Å²) in [4.78, 5) is 26.2. The van der Waals surface area contributed by atoms with Crippen LogP contribution in [0.4, 0.5) is 5.69 Å². The SMILES string of the molecule is CCN(CC(=O)Nc1cccc(OC)c1)C(=O)c1ccc(C#N)cc1. The van der Waals surface area contributed by atoms with Gasteiger partial charge in [-0.3, -0.25) is 9.59 Å². The van der Waals surface area contributed by atoms with Gasteiger partial charge in [0.05, 0.1) is 18.7 Å². The smallest absolute Gasteiger partial charge is 0.254 e. The number of hydrogen-bond donors (Lipinski definition) is 1. The Kier molecular flexibility index (Phi) is 6.13. The van der Waals surface area contributed by atoms with Crippen LogP contribution in [0.5, 0.6) is 5.75 Å². The summed E-state index contributed by atoms with van der Waals surface area (Å²) in [6.07, 6.45) is 0. The first kappa shape index (κ1) is 18.0. The van der Waals surface area contributed by atoms with Crippen LogP contribution in [0.3, 0.4) is 0 Å². The van der Waals surface area contributed by atoms with E-state index in [0.29, 0.717) is 29.1 Å². The summed E-state index contributed by atoms with van der Waals surface area (Å²) >= 11 is 0. The fraction of sp³-hybridized carbons (Fsp3) is 0.211. The van der Waals surface area contributed by atoms with E-state index in [9.17, 15) is 9.59 Å². The zero-order chi connectivity index (χ0) is 18.2. The fourth-order valence-corrected chi connectivity index (χ4v) is 2.27. The molecule has 6 heteroatoms. The van der Waals surface area contributed by atoms with Crippen molar-refractivity contribution in [2.75, 3.05) is 25.5 Å².